The van der Waals surface area contributed by atoms with Gasteiger partial charge in [0.1, 0.15) is 0 Å². The molecular formula is C31H33O6-3. The first-order valence-corrected chi connectivity index (χ1v) is 12.2. The van der Waals surface area contributed by atoms with Crippen LogP contribution >= 0.6 is 0 Å². The van der Waals surface area contributed by atoms with E-state index >= 15 is 0 Å². The van der Waals surface area contributed by atoms with Crippen LogP contribution in [0.1, 0.15) is 73.4 Å². The first-order valence-electron chi connectivity index (χ1n) is 12.2. The number of carbonyl (C=O) groups excluding carboxylic acids is 3. The maximum Gasteiger partial charge on any atom is 0.229 e. The molecule has 0 bridgehead atoms. The van der Waals surface area contributed by atoms with Crippen molar-refractivity contribution in [1.82, 2.24) is 0 Å². The second kappa shape index (κ2) is 9.02. The Morgan fingerprint density at radius 1 is 0.649 bits per heavy atom. The van der Waals surface area contributed by atoms with Gasteiger partial charge in [-0.1, -0.05) is 91.8 Å². The smallest absolute Gasteiger partial charge is 0.229 e. The molecule has 0 amide bonds. The molecule has 6 nitrogen and oxygen atoms in total. The molecule has 1 aromatic rings. The molecule has 0 aliphatic heterocycles. The van der Waals surface area contributed by atoms with Gasteiger partial charge in [-0.05, 0) is 56.8 Å². The van der Waals surface area contributed by atoms with Crippen LogP contribution in [0.25, 0.3) is 5.57 Å². The lowest BCUT2D eigenvalue weighted by molar-refractivity contribution is -0.318. The highest BCUT2D eigenvalue weighted by molar-refractivity contribution is 6.49. The maximum absolute atomic E-state index is 12.8. The summed E-state index contributed by atoms with van der Waals surface area (Å²) in [5.74, 6) is -4.05. The second-order valence-electron chi connectivity index (χ2n) is 12.7. The van der Waals surface area contributed by atoms with Gasteiger partial charge in [0.05, 0.1) is 0 Å². The summed E-state index contributed by atoms with van der Waals surface area (Å²) in [7, 11) is 0. The largest absolute Gasteiger partial charge is 0.873 e. The van der Waals surface area contributed by atoms with Crippen LogP contribution in [0.4, 0.5) is 0 Å². The monoisotopic (exact) mass is 501 g/mol. The number of ketones is 3. The first-order chi connectivity index (χ1) is 16.7. The Balaban J connectivity index is 2.51. The summed E-state index contributed by atoms with van der Waals surface area (Å²) < 4.78 is 0. The van der Waals surface area contributed by atoms with Crippen molar-refractivity contribution in [3.8, 4) is 11.5 Å². The number of benzene rings is 1. The summed E-state index contributed by atoms with van der Waals surface area (Å²) in [6, 6.07) is 2.78. The molecule has 0 unspecified atom stereocenters. The third kappa shape index (κ3) is 5.38. The van der Waals surface area contributed by atoms with Crippen LogP contribution in [0.3, 0.4) is 0 Å². The van der Waals surface area contributed by atoms with Gasteiger partial charge in [0.25, 0.3) is 0 Å². The number of rotatable bonds is 2. The summed E-state index contributed by atoms with van der Waals surface area (Å²) in [6.45, 7) is 16.3. The van der Waals surface area contributed by atoms with Gasteiger partial charge in [-0.25, -0.2) is 0 Å². The van der Waals surface area contributed by atoms with Crippen molar-refractivity contribution in [1.29, 1.82) is 0 Å². The number of hydrogen-bond acceptors (Lipinski definition) is 6. The predicted molar refractivity (Wildman–Crippen MR) is 137 cm³/mol. The standard InChI is InChI=1S/C31H36O6/c1-29(2,3)19-10-16(13-22(32)26(19)35)25(17-11-20(30(4,5)6)27(36)23(33)14-17)18-12-21(31(7,8)9)28(37)24(34)15-18/h10-15,32-33,35H,1-9H3/p-3. The predicted octanol–water partition coefficient (Wildman–Crippen LogP) is 3.74. The lowest BCUT2D eigenvalue weighted by atomic mass is 9.75. The van der Waals surface area contributed by atoms with Gasteiger partial charge in [-0.2, -0.15) is 0 Å². The number of hydrogen-bond donors (Lipinski definition) is 0. The Morgan fingerprint density at radius 2 is 1.19 bits per heavy atom. The fourth-order valence-corrected chi connectivity index (χ4v) is 4.41. The summed E-state index contributed by atoms with van der Waals surface area (Å²) in [5.41, 5.74) is 0.176. The highest BCUT2D eigenvalue weighted by atomic mass is 16.3. The number of carbonyl (C=O) groups is 3. The van der Waals surface area contributed by atoms with Crippen LogP contribution < -0.4 is 15.3 Å². The number of allylic oxidation sites excluding steroid dienone is 9. The quantitative estimate of drug-likeness (QED) is 0.450. The second-order valence-corrected chi connectivity index (χ2v) is 12.7. The minimum absolute atomic E-state index is 0.283. The van der Waals surface area contributed by atoms with Gasteiger partial charge >= 0.3 is 0 Å². The van der Waals surface area contributed by atoms with E-state index in [9.17, 15) is 29.7 Å². The zero-order valence-corrected chi connectivity index (χ0v) is 22.9. The minimum Gasteiger partial charge on any atom is -0.873 e. The summed E-state index contributed by atoms with van der Waals surface area (Å²) in [4.78, 5) is 38.3. The molecule has 2 aliphatic rings. The number of Topliss-reactive ketones (excluding diaryl/α,β-unsaturated/α-hetero) is 2. The van der Waals surface area contributed by atoms with E-state index in [1.807, 2.05) is 62.3 Å². The van der Waals surface area contributed by atoms with E-state index in [-0.39, 0.29) is 16.7 Å². The topological polar surface area (TPSA) is 120 Å². The van der Waals surface area contributed by atoms with Crippen LogP contribution in [0.5, 0.6) is 11.5 Å². The van der Waals surface area contributed by atoms with Gasteiger partial charge in [0, 0.05) is 11.1 Å². The minimum atomic E-state index is -0.724. The molecule has 0 saturated carbocycles. The van der Waals surface area contributed by atoms with Crippen molar-refractivity contribution in [2.75, 3.05) is 0 Å². The Morgan fingerprint density at radius 3 is 1.70 bits per heavy atom. The lowest BCUT2D eigenvalue weighted by Crippen LogP contribution is -2.28. The molecule has 0 saturated heterocycles. The fourth-order valence-electron chi connectivity index (χ4n) is 4.41. The molecule has 0 aromatic heterocycles. The maximum atomic E-state index is 12.8. The summed E-state index contributed by atoms with van der Waals surface area (Å²) in [5, 5.41) is 38.4. The van der Waals surface area contributed by atoms with Gasteiger partial charge in [-0.3, -0.25) is 14.4 Å². The zero-order chi connectivity index (χ0) is 28.2. The van der Waals surface area contributed by atoms with E-state index in [0.717, 1.165) is 0 Å². The Labute approximate surface area is 218 Å². The molecule has 196 valence electrons. The molecule has 6 heteroatoms. The average molecular weight is 502 g/mol. The average Bonchev–Trinajstić information content (AvgIpc) is 2.72. The molecule has 0 heterocycles. The summed E-state index contributed by atoms with van der Waals surface area (Å²) in [6.07, 6.45) is 5.56. The highest BCUT2D eigenvalue weighted by Crippen LogP contribution is 2.43. The van der Waals surface area contributed by atoms with Gasteiger partial charge in [0.15, 0.2) is 5.78 Å². The van der Waals surface area contributed by atoms with Crippen LogP contribution in [0.2, 0.25) is 0 Å². The van der Waals surface area contributed by atoms with Crippen LogP contribution in [-0.2, 0) is 19.8 Å². The van der Waals surface area contributed by atoms with Crippen molar-refractivity contribution >= 4 is 22.9 Å². The third-order valence-corrected chi connectivity index (χ3v) is 6.45. The van der Waals surface area contributed by atoms with Crippen LogP contribution in [0, 0.1) is 10.8 Å². The molecule has 1 aromatic carbocycles. The molecule has 0 fully saturated rings. The van der Waals surface area contributed by atoms with Crippen molar-refractivity contribution in [2.24, 2.45) is 10.8 Å². The molecule has 0 atom stereocenters. The van der Waals surface area contributed by atoms with Crippen molar-refractivity contribution in [2.45, 2.75) is 67.7 Å². The SMILES string of the molecule is CC(C)(C)C1=CC(C(=C2C=C([O-])C(=O)C(C(C)(C)C)=C2)c2cc([O-])c([O-])c(C(C)(C)C)c2)=CC(=O)C1=O. The normalized spacial score (nSPS) is 18.8. The Kier molecular flexibility index (Phi) is 6.80. The zero-order valence-electron chi connectivity index (χ0n) is 22.9. The molecule has 2 aliphatic carbocycles. The van der Waals surface area contributed by atoms with E-state index in [1.54, 1.807) is 18.2 Å². The van der Waals surface area contributed by atoms with Crippen LogP contribution in [-0.4, -0.2) is 17.3 Å². The molecule has 0 radical (unpaired) electrons. The molecular weight excluding hydrogens is 468 g/mol. The van der Waals surface area contributed by atoms with Gasteiger partial charge in [-0.15, -0.1) is 11.5 Å². The van der Waals surface area contributed by atoms with Gasteiger partial charge in [0.2, 0.25) is 11.6 Å². The highest BCUT2D eigenvalue weighted by Gasteiger charge is 2.33. The molecule has 3 rings (SSSR count). The lowest BCUT2D eigenvalue weighted by Gasteiger charge is -2.33. The molecule has 37 heavy (non-hydrogen) atoms. The molecule has 0 N–H and O–H groups in total. The summed E-state index contributed by atoms with van der Waals surface area (Å²) >= 11 is 0. The van der Waals surface area contributed by atoms with E-state index in [1.165, 1.54) is 18.2 Å². The fraction of sp³-hybridized carbons (Fsp3) is 0.387. The van der Waals surface area contributed by atoms with E-state index in [2.05, 4.69) is 0 Å². The van der Waals surface area contributed by atoms with Gasteiger partial charge < -0.3 is 15.3 Å². The third-order valence-electron chi connectivity index (χ3n) is 6.45. The van der Waals surface area contributed by atoms with Crippen LogP contribution in [0.15, 0.2) is 64.5 Å². The van der Waals surface area contributed by atoms with Crippen molar-refractivity contribution in [3.05, 3.63) is 75.6 Å². The Hall–Kier alpha value is -3.67. The van der Waals surface area contributed by atoms with E-state index in [4.69, 9.17) is 0 Å². The van der Waals surface area contributed by atoms with Crippen molar-refractivity contribution < 1.29 is 29.7 Å². The van der Waals surface area contributed by atoms with E-state index < -0.39 is 50.9 Å². The molecule has 0 spiro atoms. The van der Waals surface area contributed by atoms with E-state index in [0.29, 0.717) is 22.3 Å². The van der Waals surface area contributed by atoms with Crippen molar-refractivity contribution in [3.63, 3.8) is 0 Å². The first kappa shape index (κ1) is 27.9. The Bertz CT molecular complexity index is 1370.